The van der Waals surface area contributed by atoms with E-state index in [1.54, 1.807) is 23.1 Å². The summed E-state index contributed by atoms with van der Waals surface area (Å²) in [7, 11) is 0. The Hall–Kier alpha value is -1.11. The second kappa shape index (κ2) is 5.59. The van der Waals surface area contributed by atoms with E-state index >= 15 is 0 Å². The Balaban J connectivity index is 2.07. The lowest BCUT2D eigenvalue weighted by Crippen LogP contribution is -2.33. The number of ether oxygens (including phenoxy) is 1. The van der Waals surface area contributed by atoms with Crippen LogP contribution in [0.4, 0.5) is 5.82 Å². The molecule has 3 rings (SSSR count). The molecule has 2 aromatic rings. The zero-order chi connectivity index (χ0) is 15.0. The summed E-state index contributed by atoms with van der Waals surface area (Å²) < 4.78 is 6.01. The topological polar surface area (TPSA) is 61.0 Å². The summed E-state index contributed by atoms with van der Waals surface area (Å²) in [5, 5.41) is 1.75. The van der Waals surface area contributed by atoms with E-state index in [4.69, 9.17) is 10.5 Å². The van der Waals surface area contributed by atoms with E-state index in [1.165, 1.54) is 10.4 Å². The fourth-order valence-electron chi connectivity index (χ4n) is 2.50. The zero-order valence-electron chi connectivity index (χ0n) is 12.3. The van der Waals surface area contributed by atoms with Gasteiger partial charge in [0.05, 0.1) is 17.6 Å². The molecular weight excluding hydrogens is 302 g/mol. The van der Waals surface area contributed by atoms with Gasteiger partial charge in [0, 0.05) is 17.1 Å². The summed E-state index contributed by atoms with van der Waals surface area (Å²) in [5.74, 6) is 1.37. The predicted octanol–water partition coefficient (Wildman–Crippen LogP) is 3.79. The van der Waals surface area contributed by atoms with E-state index in [-0.39, 0.29) is 5.60 Å². The summed E-state index contributed by atoms with van der Waals surface area (Å²) in [6.45, 7) is 8.68. The molecule has 1 aliphatic heterocycles. The maximum absolute atomic E-state index is 6.20. The van der Waals surface area contributed by atoms with Crippen molar-refractivity contribution in [2.75, 3.05) is 11.5 Å². The normalized spacial score (nSPS) is 21.4. The van der Waals surface area contributed by atoms with Crippen LogP contribution in [0.3, 0.4) is 0 Å². The van der Waals surface area contributed by atoms with Crippen molar-refractivity contribution in [3.05, 3.63) is 23.1 Å². The van der Waals surface area contributed by atoms with E-state index in [9.17, 15) is 0 Å². The Morgan fingerprint density at radius 3 is 3.05 bits per heavy atom. The van der Waals surface area contributed by atoms with Crippen molar-refractivity contribution in [2.24, 2.45) is 0 Å². The first-order valence-electron chi connectivity index (χ1n) is 7.01. The highest BCUT2D eigenvalue weighted by molar-refractivity contribution is 7.99. The van der Waals surface area contributed by atoms with Crippen LogP contribution in [-0.2, 0) is 17.8 Å². The summed E-state index contributed by atoms with van der Waals surface area (Å²) in [6, 6.07) is 0. The van der Waals surface area contributed by atoms with Gasteiger partial charge in [-0.05, 0) is 18.9 Å². The number of hydrogen-bond donors (Lipinski definition) is 1. The number of thioether (sulfide) groups is 1. The minimum Gasteiger partial charge on any atom is -0.383 e. The van der Waals surface area contributed by atoms with Crippen molar-refractivity contribution in [3.8, 4) is 0 Å². The number of hydrogen-bond acceptors (Lipinski definition) is 6. The quantitative estimate of drug-likeness (QED) is 0.527. The number of fused-ring (bicyclic) bond motifs is 3. The van der Waals surface area contributed by atoms with Crippen molar-refractivity contribution >= 4 is 39.1 Å². The average molecular weight is 321 g/mol. The highest BCUT2D eigenvalue weighted by Crippen LogP contribution is 2.41. The highest BCUT2D eigenvalue weighted by Gasteiger charge is 2.32. The van der Waals surface area contributed by atoms with Gasteiger partial charge in [-0.2, -0.15) is 0 Å². The third kappa shape index (κ3) is 2.67. The van der Waals surface area contributed by atoms with Crippen LogP contribution in [0.15, 0.2) is 17.8 Å². The fourth-order valence-corrected chi connectivity index (χ4v) is 4.26. The predicted molar refractivity (Wildman–Crippen MR) is 89.9 cm³/mol. The Bertz CT molecular complexity index is 698. The van der Waals surface area contributed by atoms with E-state index in [1.807, 2.05) is 6.08 Å². The molecule has 0 spiro atoms. The van der Waals surface area contributed by atoms with Gasteiger partial charge < -0.3 is 10.5 Å². The van der Waals surface area contributed by atoms with Crippen LogP contribution in [0.1, 0.15) is 30.7 Å². The maximum atomic E-state index is 6.20. The van der Waals surface area contributed by atoms with Gasteiger partial charge in [-0.15, -0.1) is 17.9 Å². The maximum Gasteiger partial charge on any atom is 0.191 e. The zero-order valence-corrected chi connectivity index (χ0v) is 13.9. The molecule has 0 radical (unpaired) electrons. The second-order valence-corrected chi connectivity index (χ2v) is 7.51. The molecule has 0 aliphatic carbocycles. The SMILES string of the molecule is C=CCSc1nc(N)c2c3c(sc2n1)COC(C)(CC)C3. The monoisotopic (exact) mass is 321 g/mol. The molecule has 1 unspecified atom stereocenters. The first-order chi connectivity index (χ1) is 10.1. The lowest BCUT2D eigenvalue weighted by molar-refractivity contribution is -0.0542. The van der Waals surface area contributed by atoms with Gasteiger partial charge in [-0.1, -0.05) is 24.8 Å². The third-order valence-corrected chi connectivity index (χ3v) is 5.86. The van der Waals surface area contributed by atoms with Gasteiger partial charge in [0.25, 0.3) is 0 Å². The van der Waals surface area contributed by atoms with Crippen LogP contribution in [0, 0.1) is 0 Å². The highest BCUT2D eigenvalue weighted by atomic mass is 32.2. The van der Waals surface area contributed by atoms with Crippen molar-refractivity contribution in [1.29, 1.82) is 0 Å². The largest absolute Gasteiger partial charge is 0.383 e. The van der Waals surface area contributed by atoms with E-state index < -0.39 is 0 Å². The van der Waals surface area contributed by atoms with Gasteiger partial charge in [0.15, 0.2) is 5.16 Å². The molecule has 0 fully saturated rings. The molecule has 0 aromatic carbocycles. The van der Waals surface area contributed by atoms with Crippen LogP contribution in [0.2, 0.25) is 0 Å². The molecule has 0 amide bonds. The van der Waals surface area contributed by atoms with Gasteiger partial charge >= 0.3 is 0 Å². The summed E-state index contributed by atoms with van der Waals surface area (Å²) in [6.07, 6.45) is 3.71. The van der Waals surface area contributed by atoms with Crippen molar-refractivity contribution in [1.82, 2.24) is 9.97 Å². The minimum atomic E-state index is -0.107. The van der Waals surface area contributed by atoms with Crippen LogP contribution < -0.4 is 5.73 Å². The van der Waals surface area contributed by atoms with Gasteiger partial charge in [-0.3, -0.25) is 0 Å². The molecule has 21 heavy (non-hydrogen) atoms. The first kappa shape index (κ1) is 14.8. The van der Waals surface area contributed by atoms with Crippen molar-refractivity contribution < 1.29 is 4.74 Å². The van der Waals surface area contributed by atoms with Crippen LogP contribution >= 0.6 is 23.1 Å². The molecule has 1 aliphatic rings. The van der Waals surface area contributed by atoms with Gasteiger partial charge in [-0.25, -0.2) is 9.97 Å². The number of aromatic nitrogens is 2. The smallest absolute Gasteiger partial charge is 0.191 e. The molecule has 2 aromatic heterocycles. The lowest BCUT2D eigenvalue weighted by atomic mass is 9.90. The fraction of sp³-hybridized carbons (Fsp3) is 0.467. The van der Waals surface area contributed by atoms with Crippen molar-refractivity contribution in [2.45, 2.75) is 44.1 Å². The molecule has 2 N–H and O–H groups in total. The van der Waals surface area contributed by atoms with E-state index in [0.717, 1.165) is 34.0 Å². The molecular formula is C15H19N3OS2. The Morgan fingerprint density at radius 1 is 1.52 bits per heavy atom. The number of nitrogens with two attached hydrogens (primary N) is 1. The van der Waals surface area contributed by atoms with Crippen LogP contribution in [0.5, 0.6) is 0 Å². The Labute approximate surface area is 132 Å². The number of nitrogen functional groups attached to an aromatic ring is 1. The molecule has 6 heteroatoms. The van der Waals surface area contributed by atoms with E-state index in [2.05, 4.69) is 30.4 Å². The number of thiophene rings is 1. The molecule has 0 bridgehead atoms. The Kier molecular flexibility index (Phi) is 3.94. The number of anilines is 1. The average Bonchev–Trinajstić information content (AvgIpc) is 2.83. The molecule has 0 saturated carbocycles. The molecule has 112 valence electrons. The molecule has 3 heterocycles. The second-order valence-electron chi connectivity index (χ2n) is 5.44. The lowest BCUT2D eigenvalue weighted by Gasteiger charge is -2.33. The van der Waals surface area contributed by atoms with Crippen LogP contribution in [0.25, 0.3) is 10.2 Å². The summed E-state index contributed by atoms with van der Waals surface area (Å²) in [5.41, 5.74) is 7.38. The molecule has 1 atom stereocenters. The Morgan fingerprint density at radius 2 is 2.33 bits per heavy atom. The standard InChI is InChI=1S/C15H19N3OS2/c1-4-6-20-14-17-12(16)11-9-7-15(3,5-2)19-8-10(9)21-13(11)18-14/h4H,1,5-8H2,2-3H3,(H2,16,17,18). The minimum absolute atomic E-state index is 0.107. The summed E-state index contributed by atoms with van der Waals surface area (Å²) in [4.78, 5) is 11.3. The number of rotatable bonds is 4. The third-order valence-electron chi connectivity index (χ3n) is 3.92. The molecule has 0 saturated heterocycles. The van der Waals surface area contributed by atoms with Crippen LogP contribution in [-0.4, -0.2) is 21.3 Å². The van der Waals surface area contributed by atoms with Crippen molar-refractivity contribution in [3.63, 3.8) is 0 Å². The van der Waals surface area contributed by atoms with Gasteiger partial charge in [0.2, 0.25) is 0 Å². The summed E-state index contributed by atoms with van der Waals surface area (Å²) >= 11 is 3.23. The number of nitrogens with zero attached hydrogens (tertiary/aromatic N) is 2. The molecule has 4 nitrogen and oxygen atoms in total. The van der Waals surface area contributed by atoms with Gasteiger partial charge in [0.1, 0.15) is 10.6 Å². The van der Waals surface area contributed by atoms with E-state index in [0.29, 0.717) is 12.4 Å². The first-order valence-corrected chi connectivity index (χ1v) is 8.82.